The van der Waals surface area contributed by atoms with E-state index >= 15 is 0 Å². The summed E-state index contributed by atoms with van der Waals surface area (Å²) in [5.74, 6) is 1.11. The van der Waals surface area contributed by atoms with E-state index in [1.54, 1.807) is 39.5 Å². The topological polar surface area (TPSA) is 80.8 Å². The van der Waals surface area contributed by atoms with Crippen molar-refractivity contribution >= 4 is 11.8 Å². The first-order chi connectivity index (χ1) is 14.0. The second kappa shape index (κ2) is 8.94. The molecule has 2 heterocycles. The van der Waals surface area contributed by atoms with Gasteiger partial charge >= 0.3 is 0 Å². The normalized spacial score (nSPS) is 14.4. The van der Waals surface area contributed by atoms with Crippen molar-refractivity contribution in [3.05, 3.63) is 52.8 Å². The van der Waals surface area contributed by atoms with E-state index < -0.39 is 0 Å². The maximum atomic E-state index is 12.9. The van der Waals surface area contributed by atoms with Crippen LogP contribution >= 0.6 is 0 Å². The van der Waals surface area contributed by atoms with Gasteiger partial charge in [0.2, 0.25) is 0 Å². The Balaban J connectivity index is 1.74. The minimum Gasteiger partial charge on any atom is -0.493 e. The molecule has 7 nitrogen and oxygen atoms in total. The number of hydrogen-bond donors (Lipinski definition) is 1. The summed E-state index contributed by atoms with van der Waals surface area (Å²) in [6, 6.07) is 8.88. The molecule has 1 saturated heterocycles. The number of hydrogen-bond acceptors (Lipinski definition) is 5. The Kier molecular flexibility index (Phi) is 6.36. The lowest BCUT2D eigenvalue weighted by atomic mass is 9.89. The average Bonchev–Trinajstić information content (AvgIpc) is 2.77. The Morgan fingerprint density at radius 1 is 1.07 bits per heavy atom. The van der Waals surface area contributed by atoms with E-state index in [1.165, 1.54) is 0 Å². The van der Waals surface area contributed by atoms with Gasteiger partial charge < -0.3 is 19.7 Å². The Morgan fingerprint density at radius 3 is 2.38 bits per heavy atom. The van der Waals surface area contributed by atoms with Crippen LogP contribution in [0.5, 0.6) is 11.5 Å². The van der Waals surface area contributed by atoms with Gasteiger partial charge in [0.05, 0.1) is 25.5 Å². The van der Waals surface area contributed by atoms with E-state index in [9.17, 15) is 9.59 Å². The van der Waals surface area contributed by atoms with Gasteiger partial charge in [0, 0.05) is 37.3 Å². The van der Waals surface area contributed by atoms with Crippen molar-refractivity contribution < 1.29 is 19.1 Å². The highest BCUT2D eigenvalue weighted by atomic mass is 16.5. The van der Waals surface area contributed by atoms with E-state index in [1.807, 2.05) is 24.0 Å². The molecule has 0 aliphatic carbocycles. The number of piperidine rings is 1. The van der Waals surface area contributed by atoms with Crippen LogP contribution in [-0.4, -0.2) is 56.1 Å². The van der Waals surface area contributed by atoms with Crippen molar-refractivity contribution in [1.29, 1.82) is 0 Å². The second-order valence-corrected chi connectivity index (χ2v) is 7.10. The molecule has 154 valence electrons. The SMILES string of the molecule is CNC(=O)c1ccc(C)nc1C1CCN(C(=O)c2ccc(OC)c(OC)c2)CC1. The first-order valence-corrected chi connectivity index (χ1v) is 9.69. The summed E-state index contributed by atoms with van der Waals surface area (Å²) in [7, 11) is 4.74. The predicted octanol–water partition coefficient (Wildman–Crippen LogP) is 2.79. The van der Waals surface area contributed by atoms with Crippen LogP contribution < -0.4 is 14.8 Å². The van der Waals surface area contributed by atoms with Gasteiger partial charge in [-0.25, -0.2) is 0 Å². The van der Waals surface area contributed by atoms with Crippen molar-refractivity contribution in [3.8, 4) is 11.5 Å². The number of rotatable bonds is 5. The molecule has 1 aliphatic heterocycles. The first-order valence-electron chi connectivity index (χ1n) is 9.69. The number of carbonyl (C=O) groups excluding carboxylic acids is 2. The van der Waals surface area contributed by atoms with Gasteiger partial charge in [-0.2, -0.15) is 0 Å². The number of amides is 2. The smallest absolute Gasteiger partial charge is 0.253 e. The molecule has 0 radical (unpaired) electrons. The monoisotopic (exact) mass is 397 g/mol. The van der Waals surface area contributed by atoms with E-state index in [4.69, 9.17) is 9.47 Å². The fourth-order valence-electron chi connectivity index (χ4n) is 3.72. The summed E-state index contributed by atoms with van der Waals surface area (Å²) in [6.45, 7) is 3.15. The number of nitrogens with one attached hydrogen (secondary N) is 1. The van der Waals surface area contributed by atoms with Crippen LogP contribution in [0.4, 0.5) is 0 Å². The minimum atomic E-state index is -0.128. The van der Waals surface area contributed by atoms with E-state index in [0.717, 1.165) is 24.2 Å². The lowest BCUT2D eigenvalue weighted by Crippen LogP contribution is -2.38. The van der Waals surface area contributed by atoms with Gasteiger partial charge in [-0.3, -0.25) is 14.6 Å². The highest BCUT2D eigenvalue weighted by molar-refractivity contribution is 5.96. The zero-order valence-electron chi connectivity index (χ0n) is 17.3. The summed E-state index contributed by atoms with van der Waals surface area (Å²) in [4.78, 5) is 31.6. The molecule has 2 aromatic rings. The van der Waals surface area contributed by atoms with Crippen LogP contribution in [0.15, 0.2) is 30.3 Å². The van der Waals surface area contributed by atoms with E-state index in [0.29, 0.717) is 35.7 Å². The summed E-state index contributed by atoms with van der Waals surface area (Å²) < 4.78 is 10.5. The van der Waals surface area contributed by atoms with Crippen molar-refractivity contribution in [3.63, 3.8) is 0 Å². The Bertz CT molecular complexity index is 905. The third-order valence-electron chi connectivity index (χ3n) is 5.34. The van der Waals surface area contributed by atoms with Crippen molar-refractivity contribution in [2.24, 2.45) is 0 Å². The Morgan fingerprint density at radius 2 is 1.76 bits per heavy atom. The zero-order valence-corrected chi connectivity index (χ0v) is 17.3. The number of benzene rings is 1. The molecule has 1 fully saturated rings. The van der Waals surface area contributed by atoms with Crippen LogP contribution in [0.2, 0.25) is 0 Å². The number of carbonyl (C=O) groups is 2. The quantitative estimate of drug-likeness (QED) is 0.839. The number of aromatic nitrogens is 1. The molecule has 1 aliphatic rings. The third kappa shape index (κ3) is 4.34. The molecular formula is C22H27N3O4. The molecule has 29 heavy (non-hydrogen) atoms. The maximum Gasteiger partial charge on any atom is 0.253 e. The highest BCUT2D eigenvalue weighted by Crippen LogP contribution is 2.32. The molecule has 0 spiro atoms. The molecule has 0 unspecified atom stereocenters. The fourth-order valence-corrected chi connectivity index (χ4v) is 3.72. The molecule has 7 heteroatoms. The average molecular weight is 397 g/mol. The third-order valence-corrected chi connectivity index (χ3v) is 5.34. The molecular weight excluding hydrogens is 370 g/mol. The summed E-state index contributed by atoms with van der Waals surface area (Å²) in [5, 5.41) is 2.68. The van der Waals surface area contributed by atoms with Gasteiger partial charge in [-0.1, -0.05) is 0 Å². The predicted molar refractivity (Wildman–Crippen MR) is 110 cm³/mol. The van der Waals surface area contributed by atoms with Crippen molar-refractivity contribution in [2.75, 3.05) is 34.4 Å². The van der Waals surface area contributed by atoms with Crippen LogP contribution in [0.25, 0.3) is 0 Å². The molecule has 0 bridgehead atoms. The number of ether oxygens (including phenoxy) is 2. The summed E-state index contributed by atoms with van der Waals surface area (Å²) in [5.41, 5.74) is 2.89. The standard InChI is InChI=1S/C22H27N3O4/c1-14-5-7-17(21(26)23-2)20(24-14)15-9-11-25(12-10-15)22(27)16-6-8-18(28-3)19(13-16)29-4/h5-8,13,15H,9-12H2,1-4H3,(H,23,26). The minimum absolute atomic E-state index is 0.0341. The molecule has 1 N–H and O–H groups in total. The second-order valence-electron chi connectivity index (χ2n) is 7.10. The molecule has 1 aromatic carbocycles. The highest BCUT2D eigenvalue weighted by Gasteiger charge is 2.28. The molecule has 0 atom stereocenters. The van der Waals surface area contributed by atoms with Crippen LogP contribution in [-0.2, 0) is 0 Å². The van der Waals surface area contributed by atoms with E-state index in [2.05, 4.69) is 10.3 Å². The van der Waals surface area contributed by atoms with Crippen LogP contribution in [0.1, 0.15) is 50.9 Å². The van der Waals surface area contributed by atoms with Gasteiger partial charge in [-0.05, 0) is 50.1 Å². The number of nitrogens with zero attached hydrogens (tertiary/aromatic N) is 2. The van der Waals surface area contributed by atoms with Crippen LogP contribution in [0.3, 0.4) is 0 Å². The number of methoxy groups -OCH3 is 2. The van der Waals surface area contributed by atoms with Crippen molar-refractivity contribution in [1.82, 2.24) is 15.2 Å². The van der Waals surface area contributed by atoms with Gasteiger partial charge in [0.15, 0.2) is 11.5 Å². The summed E-state index contributed by atoms with van der Waals surface area (Å²) in [6.07, 6.45) is 1.53. The fraction of sp³-hybridized carbons (Fsp3) is 0.409. The Labute approximate surface area is 171 Å². The number of aryl methyl sites for hydroxylation is 1. The largest absolute Gasteiger partial charge is 0.493 e. The maximum absolute atomic E-state index is 12.9. The van der Waals surface area contributed by atoms with Gasteiger partial charge in [-0.15, -0.1) is 0 Å². The lowest BCUT2D eigenvalue weighted by molar-refractivity contribution is 0.0710. The summed E-state index contributed by atoms with van der Waals surface area (Å²) >= 11 is 0. The van der Waals surface area contributed by atoms with Gasteiger partial charge in [0.1, 0.15) is 0 Å². The van der Waals surface area contributed by atoms with E-state index in [-0.39, 0.29) is 17.7 Å². The first kappa shape index (κ1) is 20.6. The molecule has 2 amide bonds. The molecule has 1 aromatic heterocycles. The number of pyridine rings is 1. The molecule has 3 rings (SSSR count). The van der Waals surface area contributed by atoms with Gasteiger partial charge in [0.25, 0.3) is 11.8 Å². The van der Waals surface area contributed by atoms with Crippen LogP contribution in [0, 0.1) is 6.92 Å². The zero-order chi connectivity index (χ0) is 21.0. The Hall–Kier alpha value is -3.09. The van der Waals surface area contributed by atoms with Crippen molar-refractivity contribution in [2.45, 2.75) is 25.7 Å². The lowest BCUT2D eigenvalue weighted by Gasteiger charge is -2.32. The number of likely N-dealkylation sites (tertiary alicyclic amines) is 1. The molecule has 0 saturated carbocycles.